The molecule has 1 aliphatic heterocycles. The summed E-state index contributed by atoms with van der Waals surface area (Å²) in [5.74, 6) is 0. The number of aromatic amines is 1. The third-order valence-electron chi connectivity index (χ3n) is 2.56. The number of hydrogen-bond acceptors (Lipinski definition) is 4. The molecule has 0 aliphatic carbocycles. The number of anilines is 1. The minimum absolute atomic E-state index is 0.244. The second kappa shape index (κ2) is 3.06. The highest BCUT2D eigenvalue weighted by molar-refractivity contribution is 7.73. The molecule has 1 saturated heterocycles. The summed E-state index contributed by atoms with van der Waals surface area (Å²) in [7, 11) is 0. The normalized spacial score (nSPS) is 20.9. The molecule has 0 aromatic carbocycles. The van der Waals surface area contributed by atoms with Crippen LogP contribution in [0.25, 0.3) is 0 Å². The first-order valence-corrected chi connectivity index (χ1v) is 5.65. The molecule has 1 N–H and O–H groups in total. The summed E-state index contributed by atoms with van der Waals surface area (Å²) in [6, 6.07) is 0. The fraction of sp³-hybridized carbons (Fsp3) is 0.750. The number of nitrogens with one attached hydrogen (secondary N) is 1. The van der Waals surface area contributed by atoms with E-state index in [1.165, 1.54) is 12.8 Å². The maximum Gasteiger partial charge on any atom is 0.207 e. The Labute approximate surface area is 86.8 Å². The van der Waals surface area contributed by atoms with Crippen molar-refractivity contribution in [2.45, 2.75) is 32.2 Å². The van der Waals surface area contributed by atoms with E-state index in [4.69, 9.17) is 12.2 Å². The van der Waals surface area contributed by atoms with E-state index in [1.807, 2.05) is 0 Å². The van der Waals surface area contributed by atoms with Gasteiger partial charge >= 0.3 is 0 Å². The zero-order valence-electron chi connectivity index (χ0n) is 7.83. The van der Waals surface area contributed by atoms with Crippen molar-refractivity contribution >= 4 is 28.7 Å². The van der Waals surface area contributed by atoms with E-state index >= 15 is 0 Å². The van der Waals surface area contributed by atoms with Crippen LogP contribution >= 0.6 is 23.6 Å². The Morgan fingerprint density at radius 3 is 2.85 bits per heavy atom. The first-order chi connectivity index (χ1) is 6.09. The summed E-state index contributed by atoms with van der Waals surface area (Å²) in [6.45, 7) is 5.61. The van der Waals surface area contributed by atoms with Gasteiger partial charge in [-0.2, -0.15) is 0 Å². The summed E-state index contributed by atoms with van der Waals surface area (Å²) < 4.78 is 0.762. The lowest BCUT2D eigenvalue weighted by atomic mass is 10.0. The van der Waals surface area contributed by atoms with Crippen molar-refractivity contribution in [1.29, 1.82) is 0 Å². The zero-order chi connectivity index (χ0) is 9.47. The molecule has 0 saturated carbocycles. The molecule has 2 rings (SSSR count). The van der Waals surface area contributed by atoms with Crippen molar-refractivity contribution in [2.75, 3.05) is 11.4 Å². The van der Waals surface area contributed by atoms with E-state index < -0.39 is 0 Å². The Hall–Kier alpha value is -0.420. The lowest BCUT2D eigenvalue weighted by Crippen LogP contribution is -2.38. The van der Waals surface area contributed by atoms with Gasteiger partial charge < -0.3 is 4.90 Å². The van der Waals surface area contributed by atoms with Crippen LogP contribution in [0, 0.1) is 3.95 Å². The predicted molar refractivity (Wildman–Crippen MR) is 58.0 cm³/mol. The van der Waals surface area contributed by atoms with Gasteiger partial charge in [-0.1, -0.05) is 11.3 Å². The van der Waals surface area contributed by atoms with E-state index in [-0.39, 0.29) is 5.54 Å². The highest BCUT2D eigenvalue weighted by atomic mass is 32.1. The smallest absolute Gasteiger partial charge is 0.207 e. The average molecular weight is 215 g/mol. The number of nitrogens with zero attached hydrogens (tertiary/aromatic N) is 2. The van der Waals surface area contributed by atoms with Gasteiger partial charge in [0.15, 0.2) is 3.95 Å². The van der Waals surface area contributed by atoms with Crippen LogP contribution in [0.1, 0.15) is 26.7 Å². The highest BCUT2D eigenvalue weighted by Crippen LogP contribution is 2.34. The van der Waals surface area contributed by atoms with Gasteiger partial charge in [-0.25, -0.2) is 0 Å². The number of rotatable bonds is 1. The Kier molecular flexibility index (Phi) is 2.15. The van der Waals surface area contributed by atoms with Crippen molar-refractivity contribution in [3.63, 3.8) is 0 Å². The van der Waals surface area contributed by atoms with Gasteiger partial charge in [0.05, 0.1) is 0 Å². The first kappa shape index (κ1) is 9.15. The van der Waals surface area contributed by atoms with Gasteiger partial charge in [0.1, 0.15) is 0 Å². The Bertz CT molecular complexity index is 352. The fourth-order valence-electron chi connectivity index (χ4n) is 1.80. The molecule has 1 aromatic heterocycles. The van der Waals surface area contributed by atoms with E-state index in [0.29, 0.717) is 0 Å². The van der Waals surface area contributed by atoms with Gasteiger partial charge in [0.25, 0.3) is 0 Å². The van der Waals surface area contributed by atoms with Crippen LogP contribution in [0.15, 0.2) is 0 Å². The Balaban J connectivity index is 2.31. The molecular weight excluding hydrogens is 202 g/mol. The summed E-state index contributed by atoms with van der Waals surface area (Å²) in [5, 5.41) is 8.07. The SMILES string of the molecule is CC1(C)CCCN1c1n[nH]c(=S)s1. The van der Waals surface area contributed by atoms with Crippen molar-refractivity contribution in [3.05, 3.63) is 3.95 Å². The average Bonchev–Trinajstić information content (AvgIpc) is 2.56. The monoisotopic (exact) mass is 215 g/mol. The summed E-state index contributed by atoms with van der Waals surface area (Å²) in [5.41, 5.74) is 0.244. The van der Waals surface area contributed by atoms with Gasteiger partial charge in [0, 0.05) is 12.1 Å². The molecular formula is C8H13N3S2. The summed E-state index contributed by atoms with van der Waals surface area (Å²) in [6.07, 6.45) is 2.48. The maximum absolute atomic E-state index is 5.02. The third kappa shape index (κ3) is 1.62. The molecule has 0 unspecified atom stereocenters. The molecule has 0 radical (unpaired) electrons. The van der Waals surface area contributed by atoms with Crippen molar-refractivity contribution in [3.8, 4) is 0 Å². The standard InChI is InChI=1S/C8H13N3S2/c1-8(2)4-3-5-11(8)6-9-10-7(12)13-6/h3-5H2,1-2H3,(H,10,12). The second-order valence-corrected chi connectivity index (χ2v) is 5.61. The van der Waals surface area contributed by atoms with E-state index in [9.17, 15) is 0 Å². The molecule has 2 heterocycles. The molecule has 3 nitrogen and oxygen atoms in total. The fourth-order valence-corrected chi connectivity index (χ4v) is 2.87. The third-order valence-corrected chi connectivity index (χ3v) is 3.67. The number of hydrogen-bond donors (Lipinski definition) is 1. The van der Waals surface area contributed by atoms with E-state index in [1.54, 1.807) is 11.3 Å². The van der Waals surface area contributed by atoms with Crippen LogP contribution in [0.5, 0.6) is 0 Å². The summed E-state index contributed by atoms with van der Waals surface area (Å²) >= 11 is 6.58. The van der Waals surface area contributed by atoms with Crippen LogP contribution in [-0.2, 0) is 0 Å². The van der Waals surface area contributed by atoms with Crippen LogP contribution in [0.3, 0.4) is 0 Å². The molecule has 1 aliphatic rings. The second-order valence-electron chi connectivity index (χ2n) is 3.96. The van der Waals surface area contributed by atoms with Gasteiger partial charge in [-0.05, 0) is 38.9 Å². The molecule has 0 atom stereocenters. The number of aromatic nitrogens is 2. The van der Waals surface area contributed by atoms with Crippen LogP contribution in [0.4, 0.5) is 5.13 Å². The van der Waals surface area contributed by atoms with Crippen molar-refractivity contribution in [2.24, 2.45) is 0 Å². The van der Waals surface area contributed by atoms with Gasteiger partial charge in [0.2, 0.25) is 5.13 Å². The van der Waals surface area contributed by atoms with Gasteiger partial charge in [-0.3, -0.25) is 5.10 Å². The quantitative estimate of drug-likeness (QED) is 0.731. The lowest BCUT2D eigenvalue weighted by molar-refractivity contribution is 0.516. The zero-order valence-corrected chi connectivity index (χ0v) is 9.47. The molecule has 1 aromatic rings. The topological polar surface area (TPSA) is 31.9 Å². The van der Waals surface area contributed by atoms with E-state index in [0.717, 1.165) is 15.6 Å². The molecule has 1 fully saturated rings. The molecule has 0 spiro atoms. The molecule has 0 bridgehead atoms. The van der Waals surface area contributed by atoms with Crippen molar-refractivity contribution < 1.29 is 0 Å². The molecule has 0 amide bonds. The first-order valence-electron chi connectivity index (χ1n) is 4.43. The lowest BCUT2D eigenvalue weighted by Gasteiger charge is -2.30. The van der Waals surface area contributed by atoms with Gasteiger partial charge in [-0.15, -0.1) is 5.10 Å². The van der Waals surface area contributed by atoms with Crippen molar-refractivity contribution in [1.82, 2.24) is 10.2 Å². The van der Waals surface area contributed by atoms with Crippen LogP contribution < -0.4 is 4.90 Å². The minimum atomic E-state index is 0.244. The van der Waals surface area contributed by atoms with Crippen LogP contribution in [-0.4, -0.2) is 22.3 Å². The Morgan fingerprint density at radius 1 is 1.62 bits per heavy atom. The minimum Gasteiger partial charge on any atom is -0.342 e. The summed E-state index contributed by atoms with van der Waals surface area (Å²) in [4.78, 5) is 2.34. The van der Waals surface area contributed by atoms with Crippen LogP contribution in [0.2, 0.25) is 0 Å². The molecule has 5 heteroatoms. The highest BCUT2D eigenvalue weighted by Gasteiger charge is 2.33. The Morgan fingerprint density at radius 2 is 2.38 bits per heavy atom. The predicted octanol–water partition coefficient (Wildman–Crippen LogP) is 2.58. The number of H-pyrrole nitrogens is 1. The molecule has 13 heavy (non-hydrogen) atoms. The largest absolute Gasteiger partial charge is 0.342 e. The molecule has 72 valence electrons. The van der Waals surface area contributed by atoms with E-state index in [2.05, 4.69) is 28.9 Å². The maximum atomic E-state index is 5.02.